The minimum atomic E-state index is -1.01. The highest BCUT2D eigenvalue weighted by atomic mass is 19.2. The van der Waals surface area contributed by atoms with Crippen LogP contribution in [-0.4, -0.2) is 38.5 Å². The number of carbonyl (C=O) groups is 1. The van der Waals surface area contributed by atoms with Crippen LogP contribution in [0.25, 0.3) is 11.0 Å². The molecule has 1 saturated heterocycles. The lowest BCUT2D eigenvalue weighted by Crippen LogP contribution is -2.33. The van der Waals surface area contributed by atoms with E-state index in [2.05, 4.69) is 20.6 Å². The fourth-order valence-corrected chi connectivity index (χ4v) is 4.52. The SMILES string of the molecule is O=C(NCc1ccc2ncc(CC3CCNCC3)nc2c1)c1cncn(Cc2ccc(F)c(F)c2)c1=O. The Bertz CT molecular complexity index is 1500. The van der Waals surface area contributed by atoms with E-state index in [0.29, 0.717) is 11.5 Å². The first-order valence-corrected chi connectivity index (χ1v) is 12.2. The molecule has 8 nitrogen and oxygen atoms in total. The summed E-state index contributed by atoms with van der Waals surface area (Å²) in [5.74, 6) is -1.96. The van der Waals surface area contributed by atoms with Gasteiger partial charge < -0.3 is 10.6 Å². The second-order valence-corrected chi connectivity index (χ2v) is 9.25. The Morgan fingerprint density at radius 1 is 1.03 bits per heavy atom. The molecule has 2 N–H and O–H groups in total. The van der Waals surface area contributed by atoms with Crippen molar-refractivity contribution in [2.24, 2.45) is 5.92 Å². The number of aromatic nitrogens is 4. The molecule has 1 amide bonds. The van der Waals surface area contributed by atoms with E-state index < -0.39 is 23.1 Å². The maximum atomic E-state index is 13.5. The van der Waals surface area contributed by atoms with Gasteiger partial charge in [-0.2, -0.15) is 0 Å². The molecule has 0 atom stereocenters. The van der Waals surface area contributed by atoms with Crippen LogP contribution in [0.4, 0.5) is 8.78 Å². The van der Waals surface area contributed by atoms with Crippen LogP contribution in [-0.2, 0) is 19.5 Å². The highest BCUT2D eigenvalue weighted by Gasteiger charge is 2.16. The van der Waals surface area contributed by atoms with Crippen LogP contribution in [0.1, 0.15) is 40.0 Å². The molecular weight excluding hydrogens is 478 g/mol. The van der Waals surface area contributed by atoms with Crippen molar-refractivity contribution >= 4 is 16.9 Å². The fraction of sp³-hybridized carbons (Fsp3) is 0.296. The third kappa shape index (κ3) is 5.86. The van der Waals surface area contributed by atoms with Crippen molar-refractivity contribution in [2.45, 2.75) is 32.4 Å². The number of carbonyl (C=O) groups excluding carboxylic acids is 1. The zero-order valence-electron chi connectivity index (χ0n) is 20.1. The molecular formula is C27H26F2N6O2. The molecule has 1 fully saturated rings. The molecule has 5 rings (SSSR count). The first-order valence-electron chi connectivity index (χ1n) is 12.2. The Morgan fingerprint density at radius 2 is 1.84 bits per heavy atom. The number of hydrogen-bond acceptors (Lipinski definition) is 6. The average Bonchev–Trinajstić information content (AvgIpc) is 2.91. The molecule has 2 aromatic heterocycles. The zero-order valence-corrected chi connectivity index (χ0v) is 20.1. The van der Waals surface area contributed by atoms with E-state index in [1.165, 1.54) is 23.2 Å². The summed E-state index contributed by atoms with van der Waals surface area (Å²) < 4.78 is 27.9. The summed E-state index contributed by atoms with van der Waals surface area (Å²) in [5.41, 5.74) is 2.96. The van der Waals surface area contributed by atoms with E-state index in [9.17, 15) is 18.4 Å². The van der Waals surface area contributed by atoms with E-state index in [-0.39, 0.29) is 18.7 Å². The molecule has 0 radical (unpaired) electrons. The zero-order chi connectivity index (χ0) is 25.8. The van der Waals surface area contributed by atoms with Gasteiger partial charge in [-0.1, -0.05) is 12.1 Å². The van der Waals surface area contributed by atoms with Crippen molar-refractivity contribution < 1.29 is 13.6 Å². The van der Waals surface area contributed by atoms with E-state index in [1.807, 2.05) is 24.4 Å². The van der Waals surface area contributed by atoms with Gasteiger partial charge in [-0.3, -0.25) is 19.1 Å². The van der Waals surface area contributed by atoms with E-state index in [1.54, 1.807) is 0 Å². The summed E-state index contributed by atoms with van der Waals surface area (Å²) in [6.45, 7) is 2.20. The molecule has 0 saturated carbocycles. The molecule has 2 aromatic carbocycles. The summed E-state index contributed by atoms with van der Waals surface area (Å²) in [5, 5.41) is 6.12. The highest BCUT2D eigenvalue weighted by molar-refractivity contribution is 5.93. The van der Waals surface area contributed by atoms with Crippen LogP contribution in [0.2, 0.25) is 0 Å². The Hall–Kier alpha value is -4.05. The standard InChI is InChI=1S/C27H26F2N6O2/c28-22-3-1-19(10-23(22)29)15-35-16-31-14-21(27(35)37)26(36)33-12-18-2-4-24-25(11-18)34-20(13-32-24)9-17-5-7-30-8-6-17/h1-4,10-11,13-14,16-17,30H,5-9,12,15H2,(H,33,36). The molecule has 0 aliphatic carbocycles. The molecule has 0 bridgehead atoms. The number of rotatable bonds is 7. The Balaban J connectivity index is 1.27. The fourth-order valence-electron chi connectivity index (χ4n) is 4.52. The van der Waals surface area contributed by atoms with Gasteiger partial charge in [0.25, 0.3) is 11.5 Å². The van der Waals surface area contributed by atoms with Gasteiger partial charge in [-0.15, -0.1) is 0 Å². The number of halogens is 2. The van der Waals surface area contributed by atoms with Crippen molar-refractivity contribution in [1.29, 1.82) is 0 Å². The maximum absolute atomic E-state index is 13.5. The highest BCUT2D eigenvalue weighted by Crippen LogP contribution is 2.19. The molecule has 0 spiro atoms. The third-order valence-electron chi connectivity index (χ3n) is 6.55. The number of nitrogens with zero attached hydrogens (tertiary/aromatic N) is 4. The summed E-state index contributed by atoms with van der Waals surface area (Å²) in [6, 6.07) is 8.97. The van der Waals surface area contributed by atoms with Gasteiger partial charge in [0.2, 0.25) is 0 Å². The van der Waals surface area contributed by atoms with Crippen LogP contribution in [0.5, 0.6) is 0 Å². The summed E-state index contributed by atoms with van der Waals surface area (Å²) >= 11 is 0. The molecule has 1 aliphatic rings. The normalized spacial score (nSPS) is 14.1. The van der Waals surface area contributed by atoms with Gasteiger partial charge >= 0.3 is 0 Å². The van der Waals surface area contributed by atoms with Gasteiger partial charge in [0.15, 0.2) is 11.6 Å². The Labute approximate surface area is 211 Å². The minimum absolute atomic E-state index is 0.0484. The van der Waals surface area contributed by atoms with Gasteiger partial charge in [-0.25, -0.2) is 18.7 Å². The minimum Gasteiger partial charge on any atom is -0.348 e. The lowest BCUT2D eigenvalue weighted by Gasteiger charge is -2.22. The quantitative estimate of drug-likeness (QED) is 0.401. The van der Waals surface area contributed by atoms with E-state index in [4.69, 9.17) is 4.98 Å². The van der Waals surface area contributed by atoms with Crippen LogP contribution < -0.4 is 16.2 Å². The van der Waals surface area contributed by atoms with E-state index >= 15 is 0 Å². The second kappa shape index (κ2) is 10.9. The monoisotopic (exact) mass is 504 g/mol. The van der Waals surface area contributed by atoms with Crippen molar-refractivity contribution in [1.82, 2.24) is 30.2 Å². The van der Waals surface area contributed by atoms with Gasteiger partial charge in [0, 0.05) is 18.9 Å². The Morgan fingerprint density at radius 3 is 2.65 bits per heavy atom. The molecule has 190 valence electrons. The van der Waals surface area contributed by atoms with Gasteiger partial charge in [0.1, 0.15) is 5.56 Å². The smallest absolute Gasteiger partial charge is 0.266 e. The summed E-state index contributed by atoms with van der Waals surface area (Å²) in [4.78, 5) is 38.9. The first-order chi connectivity index (χ1) is 18.0. The lowest BCUT2D eigenvalue weighted by molar-refractivity contribution is 0.0948. The van der Waals surface area contributed by atoms with Crippen molar-refractivity contribution in [2.75, 3.05) is 13.1 Å². The average molecular weight is 505 g/mol. The first kappa shape index (κ1) is 24.6. The van der Waals surface area contributed by atoms with Crippen LogP contribution in [0.3, 0.4) is 0 Å². The van der Waals surface area contributed by atoms with Gasteiger partial charge in [-0.05, 0) is 73.7 Å². The topological polar surface area (TPSA) is 102 Å². The number of hydrogen-bond donors (Lipinski definition) is 2. The summed E-state index contributed by atoms with van der Waals surface area (Å²) in [7, 11) is 0. The number of fused-ring (bicyclic) bond motifs is 1. The molecule has 3 heterocycles. The van der Waals surface area contributed by atoms with Crippen molar-refractivity contribution in [3.63, 3.8) is 0 Å². The van der Waals surface area contributed by atoms with Crippen LogP contribution >= 0.6 is 0 Å². The van der Waals surface area contributed by atoms with Gasteiger partial charge in [0.05, 0.1) is 29.6 Å². The number of nitrogens with one attached hydrogen (secondary N) is 2. The predicted molar refractivity (Wildman–Crippen MR) is 134 cm³/mol. The number of benzene rings is 2. The van der Waals surface area contributed by atoms with Crippen molar-refractivity contribution in [3.8, 4) is 0 Å². The molecule has 0 unspecified atom stereocenters. The molecule has 4 aromatic rings. The van der Waals surface area contributed by atoms with Crippen molar-refractivity contribution in [3.05, 3.63) is 99.5 Å². The molecule has 1 aliphatic heterocycles. The number of amides is 1. The Kier molecular flexibility index (Phi) is 7.27. The van der Waals surface area contributed by atoms with Crippen LogP contribution in [0, 0.1) is 17.6 Å². The molecule has 37 heavy (non-hydrogen) atoms. The lowest BCUT2D eigenvalue weighted by atomic mass is 9.93. The molecule has 10 heteroatoms. The number of piperidine rings is 1. The second-order valence-electron chi connectivity index (χ2n) is 9.25. The largest absolute Gasteiger partial charge is 0.348 e. The van der Waals surface area contributed by atoms with E-state index in [0.717, 1.165) is 66.8 Å². The van der Waals surface area contributed by atoms with Crippen LogP contribution in [0.15, 0.2) is 59.9 Å². The summed E-state index contributed by atoms with van der Waals surface area (Å²) in [6.07, 6.45) is 7.43. The maximum Gasteiger partial charge on any atom is 0.266 e. The predicted octanol–water partition coefficient (Wildman–Crippen LogP) is 2.99. The third-order valence-corrected chi connectivity index (χ3v) is 6.55.